The second kappa shape index (κ2) is 12.9. The van der Waals surface area contributed by atoms with Gasteiger partial charge in [0.1, 0.15) is 0 Å². The molecule has 0 aromatic heterocycles. The van der Waals surface area contributed by atoms with Crippen LogP contribution in [0.3, 0.4) is 0 Å². The second-order valence-electron chi connectivity index (χ2n) is 9.08. The normalized spacial score (nSPS) is 16.2. The Balaban J connectivity index is 1.78. The summed E-state index contributed by atoms with van der Waals surface area (Å²) in [7, 11) is 0. The molecule has 1 aromatic rings. The second-order valence-corrected chi connectivity index (χ2v) is 9.08. The number of aryl methyl sites for hydroxylation is 1. The summed E-state index contributed by atoms with van der Waals surface area (Å²) < 4.78 is 29.0. The average molecular weight is 454 g/mol. The average Bonchev–Trinajstić information content (AvgIpc) is 2.77. The molecule has 32 heavy (non-hydrogen) atoms. The van der Waals surface area contributed by atoms with E-state index in [2.05, 4.69) is 12.2 Å². The summed E-state index contributed by atoms with van der Waals surface area (Å²) in [5.74, 6) is -4.25. The third-order valence-electron chi connectivity index (χ3n) is 6.78. The van der Waals surface area contributed by atoms with Gasteiger partial charge in [-0.3, -0.25) is 9.59 Å². The molecule has 180 valence electrons. The van der Waals surface area contributed by atoms with Crippen LogP contribution in [0.4, 0.5) is 8.78 Å². The van der Waals surface area contributed by atoms with Gasteiger partial charge in [-0.15, -0.1) is 0 Å². The minimum atomic E-state index is -1.74. The topological polar surface area (TPSA) is 86.6 Å². The number of carbonyl (C=O) groups is 2. The van der Waals surface area contributed by atoms with Crippen LogP contribution in [0.5, 0.6) is 0 Å². The Kier molecular flexibility index (Phi) is 10.6. The molecule has 0 bridgehead atoms. The Bertz CT molecular complexity index is 745. The molecule has 1 aliphatic rings. The predicted octanol–water partition coefficient (Wildman–Crippen LogP) is 5.84. The summed E-state index contributed by atoms with van der Waals surface area (Å²) in [4.78, 5) is 22.8. The van der Waals surface area contributed by atoms with Gasteiger partial charge in [0.05, 0.1) is 0 Å². The quantitative estimate of drug-likeness (QED) is 0.243. The largest absolute Gasteiger partial charge is 0.480 e. The fraction of sp³-hybridized carbons (Fsp3) is 0.680. The summed E-state index contributed by atoms with van der Waals surface area (Å²) in [6.45, 7) is 2.32. The van der Waals surface area contributed by atoms with E-state index in [1.807, 2.05) is 0 Å². The highest BCUT2D eigenvalue weighted by molar-refractivity contribution is 5.98. The third kappa shape index (κ3) is 6.99. The lowest BCUT2D eigenvalue weighted by molar-refractivity contribution is -0.167. The van der Waals surface area contributed by atoms with Crippen molar-refractivity contribution in [3.8, 4) is 0 Å². The Hall–Kier alpha value is -2.02. The molecule has 1 aliphatic carbocycles. The van der Waals surface area contributed by atoms with Gasteiger partial charge in [-0.1, -0.05) is 64.0 Å². The van der Waals surface area contributed by atoms with E-state index >= 15 is 0 Å². The Morgan fingerprint density at radius 3 is 1.97 bits per heavy atom. The van der Waals surface area contributed by atoms with Gasteiger partial charge in [0.25, 0.3) is 0 Å². The number of hydrogen-bond acceptors (Lipinski definition) is 3. The van der Waals surface area contributed by atoms with Crippen molar-refractivity contribution < 1.29 is 28.6 Å². The van der Waals surface area contributed by atoms with Gasteiger partial charge in [0.2, 0.25) is 0 Å². The number of carboxylic acid groups (broad SMARTS) is 2. The van der Waals surface area contributed by atoms with E-state index in [9.17, 15) is 28.6 Å². The van der Waals surface area contributed by atoms with Crippen LogP contribution < -0.4 is 5.32 Å². The number of halogens is 2. The summed E-state index contributed by atoms with van der Waals surface area (Å²) in [6.07, 6.45) is 10.5. The number of hydrogen-bond donors (Lipinski definition) is 3. The fourth-order valence-electron chi connectivity index (χ4n) is 4.50. The molecule has 0 aliphatic heterocycles. The minimum absolute atomic E-state index is 0.0176. The Labute approximate surface area is 189 Å². The standard InChI is InChI=1S/C25H37F2NO4/c1-2-3-4-5-6-7-8-9-10-18-11-12-19(22(27)21(18)26)17-28-20-13-15-25(16-14-20,23(29)30)24(31)32/h11-12,20,28H,2-10,13-17H2,1H3,(H,29,30)(H,31,32). The first-order valence-electron chi connectivity index (χ1n) is 12.0. The van der Waals surface area contributed by atoms with Gasteiger partial charge in [-0.2, -0.15) is 0 Å². The number of rotatable bonds is 14. The first kappa shape index (κ1) is 26.2. The van der Waals surface area contributed by atoms with Crippen LogP contribution in [0.15, 0.2) is 12.1 Å². The van der Waals surface area contributed by atoms with Crippen molar-refractivity contribution in [2.24, 2.45) is 5.41 Å². The number of nitrogens with one attached hydrogen (secondary N) is 1. The van der Waals surface area contributed by atoms with Crippen molar-refractivity contribution in [3.05, 3.63) is 34.9 Å². The van der Waals surface area contributed by atoms with Crippen LogP contribution in [0, 0.1) is 17.0 Å². The van der Waals surface area contributed by atoms with Gasteiger partial charge in [-0.25, -0.2) is 8.78 Å². The van der Waals surface area contributed by atoms with Crippen molar-refractivity contribution in [2.45, 2.75) is 103 Å². The number of unbranched alkanes of at least 4 members (excludes halogenated alkanes) is 7. The fourth-order valence-corrected chi connectivity index (χ4v) is 4.50. The SMILES string of the molecule is CCCCCCCCCCc1ccc(CNC2CCC(C(=O)O)(C(=O)O)CC2)c(F)c1F. The molecular weight excluding hydrogens is 416 g/mol. The number of aliphatic carboxylic acids is 2. The maximum Gasteiger partial charge on any atom is 0.321 e. The van der Waals surface area contributed by atoms with Crippen molar-refractivity contribution in [3.63, 3.8) is 0 Å². The van der Waals surface area contributed by atoms with E-state index in [4.69, 9.17) is 0 Å². The van der Waals surface area contributed by atoms with Crippen LogP contribution in [-0.2, 0) is 22.6 Å². The molecule has 0 spiro atoms. The molecule has 0 unspecified atom stereocenters. The van der Waals surface area contributed by atoms with E-state index in [0.29, 0.717) is 24.8 Å². The van der Waals surface area contributed by atoms with E-state index < -0.39 is 29.0 Å². The Morgan fingerprint density at radius 1 is 0.906 bits per heavy atom. The molecule has 1 aromatic carbocycles. The van der Waals surface area contributed by atoms with Crippen LogP contribution in [0.1, 0.15) is 95.1 Å². The van der Waals surface area contributed by atoms with E-state index in [0.717, 1.165) is 19.3 Å². The van der Waals surface area contributed by atoms with Gasteiger partial charge in [0.15, 0.2) is 17.0 Å². The van der Waals surface area contributed by atoms with Crippen LogP contribution in [0.2, 0.25) is 0 Å². The molecule has 2 rings (SSSR count). The van der Waals surface area contributed by atoms with Crippen molar-refractivity contribution >= 4 is 11.9 Å². The van der Waals surface area contributed by atoms with E-state index in [-0.39, 0.29) is 31.0 Å². The minimum Gasteiger partial charge on any atom is -0.480 e. The van der Waals surface area contributed by atoms with Gasteiger partial charge < -0.3 is 15.5 Å². The number of carboxylic acids is 2. The molecule has 5 nitrogen and oxygen atoms in total. The number of benzene rings is 1. The zero-order valence-electron chi connectivity index (χ0n) is 19.1. The van der Waals surface area contributed by atoms with Crippen molar-refractivity contribution in [2.75, 3.05) is 0 Å². The maximum absolute atomic E-state index is 14.5. The summed E-state index contributed by atoms with van der Waals surface area (Å²) in [5, 5.41) is 21.7. The van der Waals surface area contributed by atoms with Gasteiger partial charge in [-0.05, 0) is 44.1 Å². The molecule has 1 saturated carbocycles. The molecule has 0 amide bonds. The van der Waals surface area contributed by atoms with Crippen LogP contribution in [0.25, 0.3) is 0 Å². The zero-order valence-corrected chi connectivity index (χ0v) is 19.1. The highest BCUT2D eigenvalue weighted by Gasteiger charge is 2.48. The van der Waals surface area contributed by atoms with Crippen LogP contribution in [-0.4, -0.2) is 28.2 Å². The lowest BCUT2D eigenvalue weighted by Crippen LogP contribution is -2.46. The van der Waals surface area contributed by atoms with Gasteiger partial charge in [0, 0.05) is 18.2 Å². The maximum atomic E-state index is 14.5. The molecule has 0 atom stereocenters. The molecular formula is C25H37F2NO4. The smallest absolute Gasteiger partial charge is 0.321 e. The van der Waals surface area contributed by atoms with E-state index in [1.54, 1.807) is 12.1 Å². The Morgan fingerprint density at radius 2 is 1.41 bits per heavy atom. The van der Waals surface area contributed by atoms with Gasteiger partial charge >= 0.3 is 11.9 Å². The molecule has 0 saturated heterocycles. The molecule has 7 heteroatoms. The lowest BCUT2D eigenvalue weighted by atomic mass is 9.72. The molecule has 0 heterocycles. The zero-order chi connectivity index (χ0) is 23.6. The van der Waals surface area contributed by atoms with E-state index in [1.165, 1.54) is 32.1 Å². The monoisotopic (exact) mass is 453 g/mol. The summed E-state index contributed by atoms with van der Waals surface area (Å²) in [5.41, 5.74) is -1.11. The third-order valence-corrected chi connectivity index (χ3v) is 6.78. The highest BCUT2D eigenvalue weighted by Crippen LogP contribution is 2.37. The lowest BCUT2D eigenvalue weighted by Gasteiger charge is -2.33. The van der Waals surface area contributed by atoms with Crippen LogP contribution >= 0.6 is 0 Å². The highest BCUT2D eigenvalue weighted by atomic mass is 19.2. The predicted molar refractivity (Wildman–Crippen MR) is 119 cm³/mol. The summed E-state index contributed by atoms with van der Waals surface area (Å²) >= 11 is 0. The molecule has 3 N–H and O–H groups in total. The first-order valence-corrected chi connectivity index (χ1v) is 12.0. The molecule has 1 fully saturated rings. The molecule has 0 radical (unpaired) electrons. The first-order chi connectivity index (χ1) is 15.3. The summed E-state index contributed by atoms with van der Waals surface area (Å²) in [6, 6.07) is 3.13. The van der Waals surface area contributed by atoms with Crippen molar-refractivity contribution in [1.82, 2.24) is 5.32 Å². The van der Waals surface area contributed by atoms with Crippen molar-refractivity contribution in [1.29, 1.82) is 0 Å².